The van der Waals surface area contributed by atoms with Gasteiger partial charge in [0.1, 0.15) is 5.75 Å². The van der Waals surface area contributed by atoms with E-state index in [1.165, 1.54) is 10.4 Å². The number of carbonyl (C=O) groups excluding carboxylic acids is 1. The molecule has 160 valence electrons. The number of ether oxygens (including phenoxy) is 1. The zero-order valence-corrected chi connectivity index (χ0v) is 18.2. The molecule has 1 amide bonds. The summed E-state index contributed by atoms with van der Waals surface area (Å²) in [6.45, 7) is 5.07. The molecule has 1 aliphatic heterocycles. The highest BCUT2D eigenvalue weighted by atomic mass is 32.2. The van der Waals surface area contributed by atoms with Crippen molar-refractivity contribution in [3.8, 4) is 11.5 Å². The summed E-state index contributed by atoms with van der Waals surface area (Å²) in [4.78, 5) is 12.8. The second-order valence-corrected chi connectivity index (χ2v) is 10.3. The van der Waals surface area contributed by atoms with Crippen LogP contribution in [0.25, 0.3) is 0 Å². The van der Waals surface area contributed by atoms with E-state index in [-0.39, 0.29) is 16.7 Å². The van der Waals surface area contributed by atoms with Crippen LogP contribution in [0.5, 0.6) is 11.5 Å². The zero-order chi connectivity index (χ0) is 21.3. The summed E-state index contributed by atoms with van der Waals surface area (Å²) in [6, 6.07) is 12.3. The van der Waals surface area contributed by atoms with E-state index in [0.29, 0.717) is 36.2 Å². The molecule has 1 saturated heterocycles. The number of hydrogen-bond donors (Lipinski definition) is 1. The van der Waals surface area contributed by atoms with Gasteiger partial charge in [0.15, 0.2) is 5.75 Å². The number of carbonyl (C=O) groups is 1. The number of nitrogens with one attached hydrogen (secondary N) is 1. The van der Waals surface area contributed by atoms with E-state index in [1.54, 1.807) is 12.1 Å². The maximum Gasteiger partial charge on any atom is 0.243 e. The summed E-state index contributed by atoms with van der Waals surface area (Å²) in [5.41, 5.74) is 1.44. The number of anilines is 1. The van der Waals surface area contributed by atoms with Crippen LogP contribution < -0.4 is 10.1 Å². The molecule has 0 radical (unpaired) electrons. The van der Waals surface area contributed by atoms with Gasteiger partial charge in [0.2, 0.25) is 15.9 Å². The van der Waals surface area contributed by atoms with Crippen molar-refractivity contribution >= 4 is 21.6 Å². The van der Waals surface area contributed by atoms with Crippen molar-refractivity contribution in [3.63, 3.8) is 0 Å². The first-order chi connectivity index (χ1) is 14.3. The van der Waals surface area contributed by atoms with Crippen LogP contribution in [-0.4, -0.2) is 31.7 Å². The fourth-order valence-corrected chi connectivity index (χ4v) is 5.37. The van der Waals surface area contributed by atoms with Gasteiger partial charge >= 0.3 is 0 Å². The highest BCUT2D eigenvalue weighted by Crippen LogP contribution is 2.40. The van der Waals surface area contributed by atoms with Crippen LogP contribution >= 0.6 is 0 Å². The summed E-state index contributed by atoms with van der Waals surface area (Å²) >= 11 is 0. The third-order valence-electron chi connectivity index (χ3n) is 5.83. The van der Waals surface area contributed by atoms with E-state index in [9.17, 15) is 13.2 Å². The Bertz CT molecular complexity index is 1040. The lowest BCUT2D eigenvalue weighted by Gasteiger charge is -2.26. The number of benzene rings is 2. The number of hydrogen-bond acceptors (Lipinski definition) is 4. The van der Waals surface area contributed by atoms with Crippen molar-refractivity contribution < 1.29 is 17.9 Å². The Labute approximate surface area is 178 Å². The molecule has 2 aromatic rings. The molecule has 6 nitrogen and oxygen atoms in total. The zero-order valence-electron chi connectivity index (χ0n) is 17.4. The molecule has 0 aromatic heterocycles. The van der Waals surface area contributed by atoms with E-state index >= 15 is 0 Å². The van der Waals surface area contributed by atoms with Gasteiger partial charge in [-0.1, -0.05) is 25.5 Å². The van der Waals surface area contributed by atoms with E-state index in [0.717, 1.165) is 31.2 Å². The van der Waals surface area contributed by atoms with Crippen LogP contribution in [0.3, 0.4) is 0 Å². The first kappa shape index (κ1) is 20.9. The number of rotatable bonds is 6. The highest BCUT2D eigenvalue weighted by molar-refractivity contribution is 7.89. The molecule has 0 spiro atoms. The monoisotopic (exact) mass is 428 g/mol. The van der Waals surface area contributed by atoms with Crippen LogP contribution in [0.2, 0.25) is 0 Å². The van der Waals surface area contributed by atoms with E-state index < -0.39 is 10.0 Å². The summed E-state index contributed by atoms with van der Waals surface area (Å²) in [5.74, 6) is 1.30. The molecule has 2 atom stereocenters. The molecule has 1 saturated carbocycles. The quantitative estimate of drug-likeness (QED) is 0.732. The number of piperidine rings is 1. The first-order valence-electron chi connectivity index (χ1n) is 10.5. The maximum atomic E-state index is 13.1. The summed E-state index contributed by atoms with van der Waals surface area (Å²) in [7, 11) is -3.61. The van der Waals surface area contributed by atoms with Gasteiger partial charge in [-0.3, -0.25) is 4.79 Å². The molecule has 1 aliphatic carbocycles. The van der Waals surface area contributed by atoms with Crippen molar-refractivity contribution in [1.29, 1.82) is 0 Å². The number of sulfonamides is 1. The Morgan fingerprint density at radius 2 is 1.83 bits per heavy atom. The second kappa shape index (κ2) is 8.40. The predicted octanol–water partition coefficient (Wildman–Crippen LogP) is 4.56. The Balaban J connectivity index is 1.66. The summed E-state index contributed by atoms with van der Waals surface area (Å²) in [5, 5.41) is 2.91. The maximum absolute atomic E-state index is 13.1. The van der Waals surface area contributed by atoms with Crippen LogP contribution in [-0.2, 0) is 14.8 Å². The molecule has 30 heavy (non-hydrogen) atoms. The molecule has 4 rings (SSSR count). The summed E-state index contributed by atoms with van der Waals surface area (Å²) in [6.07, 6.45) is 3.65. The van der Waals surface area contributed by atoms with Crippen LogP contribution in [0.4, 0.5) is 5.69 Å². The molecule has 2 unspecified atom stereocenters. The number of aryl methyl sites for hydroxylation is 1. The minimum absolute atomic E-state index is 0.0285. The molecule has 1 heterocycles. The van der Waals surface area contributed by atoms with Crippen molar-refractivity contribution in [2.24, 2.45) is 11.8 Å². The average molecular weight is 429 g/mol. The fourth-order valence-electron chi connectivity index (χ4n) is 3.83. The number of nitrogens with zero attached hydrogens (tertiary/aromatic N) is 1. The third kappa shape index (κ3) is 4.52. The van der Waals surface area contributed by atoms with Crippen LogP contribution in [0.1, 0.15) is 38.2 Å². The lowest BCUT2D eigenvalue weighted by molar-refractivity contribution is -0.117. The normalized spacial score (nSPS) is 21.8. The standard InChI is InChI=1S/C23H28N2O4S/c1-16-7-6-8-18(13-16)29-22-10-9-19(30(27,28)25-11-4-3-5-12-25)15-21(22)24-23(26)20-14-17(20)2/h6-10,13,15,17,20H,3-5,11-12,14H2,1-2H3,(H,24,26). The Kier molecular flexibility index (Phi) is 5.84. The Hall–Kier alpha value is -2.38. The van der Waals surface area contributed by atoms with Gasteiger partial charge < -0.3 is 10.1 Å². The van der Waals surface area contributed by atoms with Gasteiger partial charge in [0, 0.05) is 19.0 Å². The van der Waals surface area contributed by atoms with E-state index in [4.69, 9.17) is 4.74 Å². The molecule has 2 fully saturated rings. The number of amides is 1. The molecular weight excluding hydrogens is 400 g/mol. The summed E-state index contributed by atoms with van der Waals surface area (Å²) < 4.78 is 33.8. The van der Waals surface area contributed by atoms with Crippen LogP contribution in [0, 0.1) is 18.8 Å². The van der Waals surface area contributed by atoms with Gasteiger partial charge in [-0.05, 0) is 68.0 Å². The topological polar surface area (TPSA) is 75.7 Å². The first-order valence-corrected chi connectivity index (χ1v) is 12.0. The van der Waals surface area contributed by atoms with Crippen LogP contribution in [0.15, 0.2) is 47.4 Å². The van der Waals surface area contributed by atoms with E-state index in [2.05, 4.69) is 5.32 Å². The molecule has 7 heteroatoms. The molecule has 2 aromatic carbocycles. The van der Waals surface area contributed by atoms with Crippen molar-refractivity contribution in [3.05, 3.63) is 48.0 Å². The minimum atomic E-state index is -3.61. The third-order valence-corrected chi connectivity index (χ3v) is 7.72. The largest absolute Gasteiger partial charge is 0.455 e. The molecule has 2 aliphatic rings. The van der Waals surface area contributed by atoms with Gasteiger partial charge in [-0.2, -0.15) is 4.31 Å². The smallest absolute Gasteiger partial charge is 0.243 e. The van der Waals surface area contributed by atoms with Crippen molar-refractivity contribution in [1.82, 2.24) is 4.31 Å². The van der Waals surface area contributed by atoms with E-state index in [1.807, 2.05) is 38.1 Å². The molecule has 1 N–H and O–H groups in total. The van der Waals surface area contributed by atoms with Gasteiger partial charge in [-0.25, -0.2) is 8.42 Å². The van der Waals surface area contributed by atoms with Gasteiger partial charge in [0.05, 0.1) is 10.6 Å². The average Bonchev–Trinajstić information content (AvgIpc) is 3.47. The van der Waals surface area contributed by atoms with Gasteiger partial charge in [-0.15, -0.1) is 0 Å². The predicted molar refractivity (Wildman–Crippen MR) is 116 cm³/mol. The van der Waals surface area contributed by atoms with Crippen molar-refractivity contribution in [2.45, 2.75) is 44.4 Å². The SMILES string of the molecule is Cc1cccc(Oc2ccc(S(=O)(=O)N3CCCCC3)cc2NC(=O)C2CC2C)c1. The minimum Gasteiger partial charge on any atom is -0.455 e. The Morgan fingerprint density at radius 1 is 1.10 bits per heavy atom. The highest BCUT2D eigenvalue weighted by Gasteiger charge is 2.39. The van der Waals surface area contributed by atoms with Crippen molar-refractivity contribution in [2.75, 3.05) is 18.4 Å². The molecular formula is C23H28N2O4S. The fraction of sp³-hybridized carbons (Fsp3) is 0.435. The van der Waals surface area contributed by atoms with Gasteiger partial charge in [0.25, 0.3) is 0 Å². The Morgan fingerprint density at radius 3 is 2.50 bits per heavy atom. The molecule has 0 bridgehead atoms. The second-order valence-electron chi connectivity index (χ2n) is 8.35. The lowest BCUT2D eigenvalue weighted by atomic mass is 10.2. The lowest BCUT2D eigenvalue weighted by Crippen LogP contribution is -2.35.